The highest BCUT2D eigenvalue weighted by atomic mass is 16.5. The van der Waals surface area contributed by atoms with Gasteiger partial charge in [0.15, 0.2) is 0 Å². The molecule has 1 aliphatic heterocycles. The molecule has 3 atom stereocenters. The number of nitrogens with zero attached hydrogens (tertiary/aromatic N) is 3. The number of carbonyl (C=O) groups excluding carboxylic acids is 2. The van der Waals surface area contributed by atoms with E-state index in [0.717, 1.165) is 22.3 Å². The molecule has 0 N–H and O–H groups in total. The van der Waals surface area contributed by atoms with E-state index in [9.17, 15) is 9.59 Å². The molecule has 1 saturated heterocycles. The molecule has 0 unspecified atom stereocenters. The second-order valence-electron chi connectivity index (χ2n) is 8.48. The van der Waals surface area contributed by atoms with Gasteiger partial charge in [0.25, 0.3) is 0 Å². The lowest BCUT2D eigenvalue weighted by atomic mass is 9.87. The lowest BCUT2D eigenvalue weighted by Gasteiger charge is -2.34. The number of aromatic nitrogens is 1. The molecule has 2 heterocycles. The summed E-state index contributed by atoms with van der Waals surface area (Å²) in [5.74, 6) is -0.641. The van der Waals surface area contributed by atoms with Gasteiger partial charge in [0.1, 0.15) is 5.54 Å². The van der Waals surface area contributed by atoms with Crippen molar-refractivity contribution in [2.75, 3.05) is 21.2 Å². The van der Waals surface area contributed by atoms with Crippen molar-refractivity contribution in [1.29, 1.82) is 0 Å². The molecule has 0 aliphatic carbocycles. The van der Waals surface area contributed by atoms with Crippen molar-refractivity contribution in [3.05, 3.63) is 65.0 Å². The summed E-state index contributed by atoms with van der Waals surface area (Å²) in [5.41, 5.74) is 3.43. The molecule has 0 spiro atoms. The summed E-state index contributed by atoms with van der Waals surface area (Å²) in [4.78, 5) is 34.2. The highest BCUT2D eigenvalue weighted by Crippen LogP contribution is 2.47. The zero-order valence-electron chi connectivity index (χ0n) is 18.7. The molecule has 1 aromatic carbocycles. The maximum atomic E-state index is 13.6. The van der Waals surface area contributed by atoms with Crippen LogP contribution in [0, 0.1) is 19.8 Å². The fourth-order valence-corrected chi connectivity index (χ4v) is 4.57. The van der Waals surface area contributed by atoms with Gasteiger partial charge in [0, 0.05) is 32.0 Å². The Balaban J connectivity index is 1.97. The molecule has 6 nitrogen and oxygen atoms in total. The van der Waals surface area contributed by atoms with E-state index in [2.05, 4.69) is 4.98 Å². The van der Waals surface area contributed by atoms with E-state index in [1.54, 1.807) is 17.3 Å². The Morgan fingerprint density at radius 3 is 2.57 bits per heavy atom. The number of aryl methyl sites for hydroxylation is 2. The summed E-state index contributed by atoms with van der Waals surface area (Å²) in [7, 11) is 5.14. The van der Waals surface area contributed by atoms with Crippen LogP contribution < -0.4 is 0 Å². The topological polar surface area (TPSA) is 62.7 Å². The zero-order chi connectivity index (χ0) is 22.1. The van der Waals surface area contributed by atoms with Gasteiger partial charge in [-0.3, -0.25) is 19.5 Å². The van der Waals surface area contributed by atoms with Crippen LogP contribution in [0.5, 0.6) is 0 Å². The third-order valence-corrected chi connectivity index (χ3v) is 6.56. The highest BCUT2D eigenvalue weighted by Gasteiger charge is 2.55. The summed E-state index contributed by atoms with van der Waals surface area (Å²) < 4.78 is 5.11. The first-order chi connectivity index (χ1) is 14.2. The van der Waals surface area contributed by atoms with Crippen molar-refractivity contribution in [2.24, 2.45) is 5.92 Å². The molecule has 0 bridgehead atoms. The number of esters is 1. The highest BCUT2D eigenvalue weighted by molar-refractivity contribution is 5.86. The van der Waals surface area contributed by atoms with Crippen LogP contribution in [0.2, 0.25) is 0 Å². The minimum atomic E-state index is -0.866. The predicted molar refractivity (Wildman–Crippen MR) is 116 cm³/mol. The number of methoxy groups -OCH3 is 1. The number of amides is 1. The van der Waals surface area contributed by atoms with Crippen molar-refractivity contribution >= 4 is 11.9 Å². The molecule has 30 heavy (non-hydrogen) atoms. The Morgan fingerprint density at radius 2 is 1.93 bits per heavy atom. The standard InChI is InChI=1S/C24H31N3O3/c1-16-9-7-8-10-19(16)21-20(13-24(3,27(21)5)23(29)30-6)22(28)26(4)15-18-11-12-25-14-17(18)2/h7-12,14,20-21H,13,15H2,1-6H3/t20-,21-,24-/m0/s1. The van der Waals surface area contributed by atoms with E-state index in [1.165, 1.54) is 7.11 Å². The van der Waals surface area contributed by atoms with E-state index in [4.69, 9.17) is 4.74 Å². The summed E-state index contributed by atoms with van der Waals surface area (Å²) >= 11 is 0. The van der Waals surface area contributed by atoms with E-state index in [1.807, 2.05) is 70.1 Å². The van der Waals surface area contributed by atoms with Gasteiger partial charge in [-0.1, -0.05) is 24.3 Å². The minimum absolute atomic E-state index is 0.0268. The summed E-state index contributed by atoms with van der Waals surface area (Å²) in [5, 5.41) is 0. The Kier molecular flexibility index (Phi) is 6.27. The number of rotatable bonds is 5. The van der Waals surface area contributed by atoms with Crippen molar-refractivity contribution < 1.29 is 14.3 Å². The average Bonchev–Trinajstić information content (AvgIpc) is 3.00. The van der Waals surface area contributed by atoms with Crippen LogP contribution in [0.3, 0.4) is 0 Å². The van der Waals surface area contributed by atoms with Crippen LogP contribution in [0.1, 0.15) is 41.6 Å². The molecule has 160 valence electrons. The van der Waals surface area contributed by atoms with Gasteiger partial charge in [-0.25, -0.2) is 0 Å². The molecule has 1 amide bonds. The van der Waals surface area contributed by atoms with Crippen LogP contribution >= 0.6 is 0 Å². The Hall–Kier alpha value is -2.73. The second kappa shape index (κ2) is 8.56. The van der Waals surface area contributed by atoms with Gasteiger partial charge in [-0.05, 0) is 62.6 Å². The molecule has 0 radical (unpaired) electrons. The summed E-state index contributed by atoms with van der Waals surface area (Å²) in [6.07, 6.45) is 3.96. The minimum Gasteiger partial charge on any atom is -0.468 e. The number of benzene rings is 1. The molecular formula is C24H31N3O3. The van der Waals surface area contributed by atoms with Gasteiger partial charge in [0.2, 0.25) is 5.91 Å². The van der Waals surface area contributed by atoms with Gasteiger partial charge in [-0.2, -0.15) is 0 Å². The molecular weight excluding hydrogens is 378 g/mol. The Morgan fingerprint density at radius 1 is 1.23 bits per heavy atom. The van der Waals surface area contributed by atoms with Crippen molar-refractivity contribution in [1.82, 2.24) is 14.8 Å². The first-order valence-corrected chi connectivity index (χ1v) is 10.2. The normalized spacial score (nSPS) is 23.9. The first kappa shape index (κ1) is 22.0. The fourth-order valence-electron chi connectivity index (χ4n) is 4.57. The van der Waals surface area contributed by atoms with E-state index >= 15 is 0 Å². The lowest BCUT2D eigenvalue weighted by molar-refractivity contribution is -0.152. The monoisotopic (exact) mass is 409 g/mol. The fraction of sp³-hybridized carbons (Fsp3) is 0.458. The van der Waals surface area contributed by atoms with Crippen molar-refractivity contribution in [3.63, 3.8) is 0 Å². The molecule has 2 aromatic rings. The number of likely N-dealkylation sites (tertiary alicyclic amines) is 1. The molecule has 1 aromatic heterocycles. The molecule has 6 heteroatoms. The molecule has 0 saturated carbocycles. The number of carbonyl (C=O) groups is 2. The third-order valence-electron chi connectivity index (χ3n) is 6.56. The van der Waals surface area contributed by atoms with Crippen LogP contribution in [0.25, 0.3) is 0 Å². The van der Waals surface area contributed by atoms with Gasteiger partial charge in [-0.15, -0.1) is 0 Å². The number of pyridine rings is 1. The third kappa shape index (κ3) is 3.84. The van der Waals surface area contributed by atoms with Gasteiger partial charge >= 0.3 is 5.97 Å². The summed E-state index contributed by atoms with van der Waals surface area (Å²) in [6, 6.07) is 9.80. The Labute approximate surface area is 178 Å². The maximum absolute atomic E-state index is 13.6. The maximum Gasteiger partial charge on any atom is 0.326 e. The van der Waals surface area contributed by atoms with Crippen LogP contribution in [-0.4, -0.2) is 53.4 Å². The predicted octanol–water partition coefficient (Wildman–Crippen LogP) is 3.28. The SMILES string of the molecule is COC(=O)[C@]1(C)C[C@H](C(=O)N(C)Cc2ccncc2C)[C@H](c2ccccc2C)N1C. The van der Waals surface area contributed by atoms with Crippen LogP contribution in [-0.2, 0) is 20.9 Å². The first-order valence-electron chi connectivity index (χ1n) is 10.2. The lowest BCUT2D eigenvalue weighted by Crippen LogP contribution is -2.47. The average molecular weight is 410 g/mol. The van der Waals surface area contributed by atoms with Gasteiger partial charge < -0.3 is 9.64 Å². The van der Waals surface area contributed by atoms with Crippen molar-refractivity contribution in [2.45, 2.75) is 45.3 Å². The van der Waals surface area contributed by atoms with E-state index in [-0.39, 0.29) is 23.8 Å². The quantitative estimate of drug-likeness (QED) is 0.709. The number of likely N-dealkylation sites (N-methyl/N-ethyl adjacent to an activating group) is 1. The Bertz CT molecular complexity index is 945. The number of hydrogen-bond donors (Lipinski definition) is 0. The van der Waals surface area contributed by atoms with Crippen molar-refractivity contribution in [3.8, 4) is 0 Å². The number of ether oxygens (including phenoxy) is 1. The van der Waals surface area contributed by atoms with E-state index < -0.39 is 5.54 Å². The smallest absolute Gasteiger partial charge is 0.326 e. The molecule has 1 fully saturated rings. The largest absolute Gasteiger partial charge is 0.468 e. The summed E-state index contributed by atoms with van der Waals surface area (Å²) in [6.45, 7) is 6.41. The van der Waals surface area contributed by atoms with Crippen LogP contribution in [0.4, 0.5) is 0 Å². The van der Waals surface area contributed by atoms with Crippen LogP contribution in [0.15, 0.2) is 42.7 Å². The molecule has 1 aliphatic rings. The number of hydrogen-bond acceptors (Lipinski definition) is 5. The molecule has 3 rings (SSSR count). The van der Waals surface area contributed by atoms with Gasteiger partial charge in [0.05, 0.1) is 13.0 Å². The zero-order valence-corrected chi connectivity index (χ0v) is 18.7. The van der Waals surface area contributed by atoms with E-state index in [0.29, 0.717) is 13.0 Å². The second-order valence-corrected chi connectivity index (χ2v) is 8.48.